The third kappa shape index (κ3) is 2.54. The average Bonchev–Trinajstić information content (AvgIpc) is 2.92. The van der Waals surface area contributed by atoms with Crippen LogP contribution < -0.4 is 0 Å². The molecule has 1 saturated heterocycles. The highest BCUT2D eigenvalue weighted by Crippen LogP contribution is 2.22. The Labute approximate surface area is 110 Å². The van der Waals surface area contributed by atoms with E-state index in [0.29, 0.717) is 12.3 Å². The highest BCUT2D eigenvalue weighted by molar-refractivity contribution is 8.01. The Balaban J connectivity index is 2.26. The fraction of sp³-hybridized carbons (Fsp3) is 0.600. The van der Waals surface area contributed by atoms with Crippen molar-refractivity contribution in [2.45, 2.75) is 12.3 Å². The summed E-state index contributed by atoms with van der Waals surface area (Å²) < 4.78 is 25.3. The van der Waals surface area contributed by atoms with Gasteiger partial charge in [-0.15, -0.1) is 0 Å². The zero-order valence-corrected chi connectivity index (χ0v) is 11.7. The third-order valence-electron chi connectivity index (χ3n) is 2.87. The van der Waals surface area contributed by atoms with Gasteiger partial charge in [0.25, 0.3) is 0 Å². The van der Waals surface area contributed by atoms with Gasteiger partial charge in [-0.25, -0.2) is 18.2 Å². The first kappa shape index (κ1) is 13.4. The molecule has 0 aromatic carbocycles. The second kappa shape index (κ2) is 5.31. The van der Waals surface area contributed by atoms with Crippen LogP contribution in [0, 0.1) is 0 Å². The number of hydrogen-bond acceptors (Lipinski definition) is 5. The Bertz CT molecular complexity index is 512. The molecule has 1 aromatic rings. The van der Waals surface area contributed by atoms with Gasteiger partial charge in [-0.3, -0.25) is 4.57 Å². The van der Waals surface area contributed by atoms with Crippen LogP contribution in [0.2, 0.25) is 0 Å². The number of carbonyl (C=O) groups excluding carboxylic acids is 1. The van der Waals surface area contributed by atoms with E-state index in [1.54, 1.807) is 18.7 Å². The van der Waals surface area contributed by atoms with Crippen LogP contribution in [0.15, 0.2) is 18.7 Å². The molecule has 1 aliphatic heterocycles. The number of rotatable bonds is 2. The monoisotopic (exact) mass is 289 g/mol. The highest BCUT2D eigenvalue weighted by Gasteiger charge is 2.36. The smallest absolute Gasteiger partial charge is 0.305 e. The predicted octanol–water partition coefficient (Wildman–Crippen LogP) is 0.661. The first-order valence-corrected chi connectivity index (χ1v) is 8.51. The van der Waals surface area contributed by atoms with E-state index in [2.05, 4.69) is 4.98 Å². The van der Waals surface area contributed by atoms with Gasteiger partial charge in [0.15, 0.2) is 9.84 Å². The largest absolute Gasteiger partial charge is 0.330 e. The molecule has 2 rings (SSSR count). The Hall–Kier alpha value is -1.02. The van der Waals surface area contributed by atoms with Crippen molar-refractivity contribution in [1.82, 2.24) is 14.5 Å². The van der Waals surface area contributed by atoms with E-state index in [-0.39, 0.29) is 11.8 Å². The molecule has 0 N–H and O–H groups in total. The molecule has 1 amide bonds. The summed E-state index contributed by atoms with van der Waals surface area (Å²) in [4.78, 5) is 17.4. The Kier molecular flexibility index (Phi) is 3.96. The van der Waals surface area contributed by atoms with Crippen LogP contribution in [0.1, 0.15) is 6.92 Å². The van der Waals surface area contributed by atoms with Crippen LogP contribution in [0.4, 0.5) is 4.79 Å². The van der Waals surface area contributed by atoms with Gasteiger partial charge >= 0.3 is 6.03 Å². The van der Waals surface area contributed by atoms with Crippen LogP contribution >= 0.6 is 11.8 Å². The summed E-state index contributed by atoms with van der Waals surface area (Å²) in [5.74, 6) is 1.25. The first-order chi connectivity index (χ1) is 8.56. The molecule has 18 heavy (non-hydrogen) atoms. The van der Waals surface area contributed by atoms with E-state index in [1.807, 2.05) is 0 Å². The molecule has 1 aromatic heterocycles. The molecule has 0 bridgehead atoms. The lowest BCUT2D eigenvalue weighted by molar-refractivity contribution is 0.198. The molecule has 100 valence electrons. The number of aromatic nitrogens is 2. The second-order valence-corrected chi connectivity index (χ2v) is 7.52. The quantitative estimate of drug-likeness (QED) is 0.800. The number of sulfone groups is 1. The van der Waals surface area contributed by atoms with Crippen molar-refractivity contribution in [3.63, 3.8) is 0 Å². The van der Waals surface area contributed by atoms with Gasteiger partial charge in [-0.05, 0) is 0 Å². The van der Waals surface area contributed by atoms with E-state index in [9.17, 15) is 13.2 Å². The molecule has 0 saturated carbocycles. The maximum absolute atomic E-state index is 12.2. The minimum absolute atomic E-state index is 0.0476. The molecule has 1 aliphatic rings. The summed E-state index contributed by atoms with van der Waals surface area (Å²) in [6.07, 6.45) is 4.42. The minimum atomic E-state index is -3.26. The van der Waals surface area contributed by atoms with Crippen LogP contribution in [-0.2, 0) is 9.84 Å². The molecule has 6 nitrogen and oxygen atoms in total. The number of thioether (sulfide) groups is 1. The van der Waals surface area contributed by atoms with E-state index >= 15 is 0 Å². The van der Waals surface area contributed by atoms with Crippen LogP contribution in [0.3, 0.4) is 0 Å². The number of hydrogen-bond donors (Lipinski definition) is 0. The summed E-state index contributed by atoms with van der Waals surface area (Å²) in [5, 5.41) is -0.726. The summed E-state index contributed by atoms with van der Waals surface area (Å²) >= 11 is 1.57. The summed E-state index contributed by atoms with van der Waals surface area (Å²) in [6, 6.07) is -0.324. The standard InChI is InChI=1S/C10H15N3O3S2/c1-2-18(15,16)9-7-17-6-5-13(9)10(14)12-4-3-11-8-12/h3-4,8-9H,2,5-7H2,1H3. The second-order valence-electron chi connectivity index (χ2n) is 3.93. The fourth-order valence-electron chi connectivity index (χ4n) is 1.81. The van der Waals surface area contributed by atoms with E-state index in [1.165, 1.54) is 28.2 Å². The maximum atomic E-state index is 12.2. The molecule has 1 unspecified atom stereocenters. The Morgan fingerprint density at radius 1 is 1.56 bits per heavy atom. The van der Waals surface area contributed by atoms with Crippen molar-refractivity contribution < 1.29 is 13.2 Å². The third-order valence-corrected chi connectivity index (χ3v) is 6.16. The molecular formula is C10H15N3O3S2. The lowest BCUT2D eigenvalue weighted by Crippen LogP contribution is -2.51. The normalized spacial score (nSPS) is 20.9. The SMILES string of the molecule is CCS(=O)(=O)C1CSCCN1C(=O)n1ccnc1. The fourth-order valence-corrected chi connectivity index (χ4v) is 4.77. The number of carbonyl (C=O) groups is 1. The number of amides is 1. The van der Waals surface area contributed by atoms with Gasteiger partial charge in [-0.2, -0.15) is 11.8 Å². The van der Waals surface area contributed by atoms with Crippen molar-refractivity contribution >= 4 is 27.6 Å². The first-order valence-electron chi connectivity index (χ1n) is 5.64. The zero-order chi connectivity index (χ0) is 13.2. The molecule has 8 heteroatoms. The van der Waals surface area contributed by atoms with E-state index < -0.39 is 15.2 Å². The van der Waals surface area contributed by atoms with Gasteiger partial charge in [0.05, 0.1) is 0 Å². The molecule has 0 aliphatic carbocycles. The maximum Gasteiger partial charge on any atom is 0.330 e. The molecule has 2 heterocycles. The van der Waals surface area contributed by atoms with Crippen molar-refractivity contribution in [3.05, 3.63) is 18.7 Å². The van der Waals surface area contributed by atoms with Crippen molar-refractivity contribution in [2.75, 3.05) is 23.8 Å². The minimum Gasteiger partial charge on any atom is -0.305 e. The summed E-state index contributed by atoms with van der Waals surface area (Å²) in [6.45, 7) is 2.06. The lowest BCUT2D eigenvalue weighted by Gasteiger charge is -2.34. The number of nitrogens with zero attached hydrogens (tertiary/aromatic N) is 3. The van der Waals surface area contributed by atoms with Crippen LogP contribution in [-0.4, -0.2) is 58.1 Å². The predicted molar refractivity (Wildman–Crippen MR) is 70.3 cm³/mol. The number of imidazole rings is 1. The van der Waals surface area contributed by atoms with Crippen molar-refractivity contribution in [2.24, 2.45) is 0 Å². The van der Waals surface area contributed by atoms with Gasteiger partial charge in [0.2, 0.25) is 0 Å². The van der Waals surface area contributed by atoms with Crippen LogP contribution in [0.5, 0.6) is 0 Å². The highest BCUT2D eigenvalue weighted by atomic mass is 32.2. The van der Waals surface area contributed by atoms with Gasteiger partial charge in [0, 0.05) is 36.2 Å². The summed E-state index contributed by atoms with van der Waals surface area (Å²) in [5.41, 5.74) is 0. The zero-order valence-electron chi connectivity index (χ0n) is 10.0. The van der Waals surface area contributed by atoms with Crippen molar-refractivity contribution in [3.8, 4) is 0 Å². The molecule has 0 spiro atoms. The Morgan fingerprint density at radius 2 is 2.33 bits per heavy atom. The topological polar surface area (TPSA) is 72.3 Å². The molecule has 1 fully saturated rings. The van der Waals surface area contributed by atoms with Gasteiger partial charge in [0.1, 0.15) is 11.7 Å². The van der Waals surface area contributed by atoms with Gasteiger partial charge in [-0.1, -0.05) is 6.92 Å². The summed E-state index contributed by atoms with van der Waals surface area (Å²) in [7, 11) is -3.26. The lowest BCUT2D eigenvalue weighted by atomic mass is 10.5. The van der Waals surface area contributed by atoms with Crippen LogP contribution in [0.25, 0.3) is 0 Å². The van der Waals surface area contributed by atoms with Crippen molar-refractivity contribution in [1.29, 1.82) is 0 Å². The molecule has 0 radical (unpaired) electrons. The van der Waals surface area contributed by atoms with E-state index in [0.717, 1.165) is 5.75 Å². The molecule has 1 atom stereocenters. The van der Waals surface area contributed by atoms with Gasteiger partial charge < -0.3 is 4.90 Å². The van der Waals surface area contributed by atoms with E-state index in [4.69, 9.17) is 0 Å². The average molecular weight is 289 g/mol. The Morgan fingerprint density at radius 3 is 2.94 bits per heavy atom. The molecular weight excluding hydrogens is 274 g/mol.